The molecule has 0 unspecified atom stereocenters. The fourth-order valence-electron chi connectivity index (χ4n) is 2.72. The lowest BCUT2D eigenvalue weighted by Gasteiger charge is -2.28. The molecule has 1 aliphatic rings. The van der Waals surface area contributed by atoms with E-state index in [4.69, 9.17) is 0 Å². The Bertz CT molecular complexity index is 822. The Morgan fingerprint density at radius 2 is 2.05 bits per heavy atom. The van der Waals surface area contributed by atoms with Gasteiger partial charge in [-0.3, -0.25) is 0 Å². The molecule has 1 N–H and O–H groups in total. The maximum atomic E-state index is 14.3. The molecule has 0 saturated carbocycles. The molecule has 1 aliphatic heterocycles. The number of fused-ring (bicyclic) bond motifs is 3. The van der Waals surface area contributed by atoms with Gasteiger partial charge in [0.05, 0.1) is 5.52 Å². The van der Waals surface area contributed by atoms with E-state index in [1.807, 2.05) is 13.0 Å². The molecule has 0 bridgehead atoms. The van der Waals surface area contributed by atoms with Crippen molar-refractivity contribution in [1.82, 2.24) is 30.3 Å². The van der Waals surface area contributed by atoms with Crippen molar-refractivity contribution in [2.75, 3.05) is 31.1 Å². The summed E-state index contributed by atoms with van der Waals surface area (Å²) in [7, 11) is 0. The van der Waals surface area contributed by atoms with Gasteiger partial charge in [-0.25, -0.2) is 9.37 Å². The summed E-state index contributed by atoms with van der Waals surface area (Å²) in [5.41, 5.74) is 2.27. The van der Waals surface area contributed by atoms with Crippen molar-refractivity contribution in [3.05, 3.63) is 23.5 Å². The number of benzene rings is 1. The van der Waals surface area contributed by atoms with Crippen LogP contribution < -0.4 is 10.2 Å². The minimum Gasteiger partial charge on any atom is -0.351 e. The second-order valence-electron chi connectivity index (χ2n) is 5.20. The Morgan fingerprint density at radius 1 is 1.24 bits per heavy atom. The molecule has 7 nitrogen and oxygen atoms in total. The normalized spacial score (nSPS) is 16.0. The molecule has 2 aromatic heterocycles. The number of tetrazole rings is 1. The zero-order chi connectivity index (χ0) is 14.4. The number of nitrogens with one attached hydrogen (secondary N) is 1. The summed E-state index contributed by atoms with van der Waals surface area (Å²) in [6.07, 6.45) is 0. The Hall–Kier alpha value is -2.35. The van der Waals surface area contributed by atoms with Gasteiger partial charge in [0.1, 0.15) is 5.52 Å². The van der Waals surface area contributed by atoms with Crippen LogP contribution in [0.4, 0.5) is 10.2 Å². The van der Waals surface area contributed by atoms with E-state index in [-0.39, 0.29) is 5.82 Å². The van der Waals surface area contributed by atoms with Crippen LogP contribution in [-0.4, -0.2) is 51.2 Å². The molecule has 1 fully saturated rings. The Labute approximate surface area is 119 Å². The highest BCUT2D eigenvalue weighted by Crippen LogP contribution is 2.25. The van der Waals surface area contributed by atoms with Gasteiger partial charge in [-0.1, -0.05) is 0 Å². The number of rotatable bonds is 1. The van der Waals surface area contributed by atoms with E-state index in [9.17, 15) is 4.39 Å². The highest BCUT2D eigenvalue weighted by atomic mass is 19.1. The molecule has 0 atom stereocenters. The summed E-state index contributed by atoms with van der Waals surface area (Å²) < 4.78 is 15.8. The van der Waals surface area contributed by atoms with Gasteiger partial charge in [0.15, 0.2) is 11.6 Å². The first-order chi connectivity index (χ1) is 10.2. The van der Waals surface area contributed by atoms with Crippen LogP contribution in [0, 0.1) is 12.7 Å². The predicted octanol–water partition coefficient (Wildman–Crippen LogP) is 0.530. The fourth-order valence-corrected chi connectivity index (χ4v) is 2.72. The van der Waals surface area contributed by atoms with Crippen LogP contribution in [0.15, 0.2) is 12.1 Å². The summed E-state index contributed by atoms with van der Waals surface area (Å²) in [6, 6.07) is 3.32. The minimum absolute atomic E-state index is 0.300. The summed E-state index contributed by atoms with van der Waals surface area (Å²) in [5.74, 6) is 0.288. The minimum atomic E-state index is -0.348. The molecular weight excluding hydrogens is 273 g/mol. The average molecular weight is 287 g/mol. The standard InChI is InChI=1S/C13H14FN7/c1-8-6-9(14)11-10(7-8)21-13(17-18-19-21)12(16-11)20-4-2-15-3-5-20/h6-7,15H,2-5H2,1H3. The largest absolute Gasteiger partial charge is 0.351 e. The maximum Gasteiger partial charge on any atom is 0.222 e. The molecule has 0 amide bonds. The van der Waals surface area contributed by atoms with Crippen LogP contribution in [0.25, 0.3) is 16.7 Å². The lowest BCUT2D eigenvalue weighted by molar-refractivity contribution is 0.585. The molecule has 3 heterocycles. The van der Waals surface area contributed by atoms with E-state index in [0.29, 0.717) is 22.5 Å². The first kappa shape index (κ1) is 12.4. The molecule has 3 aromatic rings. The second kappa shape index (κ2) is 4.59. The van der Waals surface area contributed by atoms with Gasteiger partial charge in [-0.05, 0) is 35.0 Å². The maximum absolute atomic E-state index is 14.3. The Morgan fingerprint density at radius 3 is 2.86 bits per heavy atom. The molecular formula is C13H14FN7. The highest BCUT2D eigenvalue weighted by Gasteiger charge is 2.20. The van der Waals surface area contributed by atoms with Crippen molar-refractivity contribution in [2.24, 2.45) is 0 Å². The molecule has 0 spiro atoms. The third-order valence-corrected chi connectivity index (χ3v) is 3.72. The third kappa shape index (κ3) is 1.90. The summed E-state index contributed by atoms with van der Waals surface area (Å²) in [6.45, 7) is 5.17. The van der Waals surface area contributed by atoms with Gasteiger partial charge >= 0.3 is 0 Å². The highest BCUT2D eigenvalue weighted by molar-refractivity contribution is 5.83. The number of aromatic nitrogens is 5. The quantitative estimate of drug-likeness (QED) is 0.704. The lowest BCUT2D eigenvalue weighted by atomic mass is 10.2. The molecule has 0 aliphatic carbocycles. The second-order valence-corrected chi connectivity index (χ2v) is 5.20. The van der Waals surface area contributed by atoms with Crippen molar-refractivity contribution in [1.29, 1.82) is 0 Å². The topological polar surface area (TPSA) is 71.2 Å². The molecule has 1 aromatic carbocycles. The number of aryl methyl sites for hydroxylation is 1. The van der Waals surface area contributed by atoms with Gasteiger partial charge in [-0.2, -0.15) is 4.52 Å². The zero-order valence-corrected chi connectivity index (χ0v) is 11.5. The predicted molar refractivity (Wildman–Crippen MR) is 75.9 cm³/mol. The first-order valence-electron chi connectivity index (χ1n) is 6.87. The molecule has 1 saturated heterocycles. The van der Waals surface area contributed by atoms with E-state index >= 15 is 0 Å². The van der Waals surface area contributed by atoms with Crippen molar-refractivity contribution in [3.63, 3.8) is 0 Å². The van der Waals surface area contributed by atoms with E-state index in [1.54, 1.807) is 4.52 Å². The third-order valence-electron chi connectivity index (χ3n) is 3.72. The van der Waals surface area contributed by atoms with Gasteiger partial charge in [0.25, 0.3) is 0 Å². The Balaban J connectivity index is 2.03. The molecule has 0 radical (unpaired) electrons. The van der Waals surface area contributed by atoms with Gasteiger partial charge in [-0.15, -0.1) is 5.10 Å². The number of halogens is 1. The molecule has 4 rings (SSSR count). The number of anilines is 1. The average Bonchev–Trinajstić information content (AvgIpc) is 2.97. The van der Waals surface area contributed by atoms with E-state index < -0.39 is 0 Å². The number of hydrogen-bond acceptors (Lipinski definition) is 6. The SMILES string of the molecule is Cc1cc(F)c2nc(N3CCNCC3)c3nnnn3c2c1. The Kier molecular flexibility index (Phi) is 2.71. The van der Waals surface area contributed by atoms with Crippen LogP contribution in [0.1, 0.15) is 5.56 Å². The van der Waals surface area contributed by atoms with Gasteiger partial charge in [0.2, 0.25) is 5.65 Å². The van der Waals surface area contributed by atoms with Crippen molar-refractivity contribution >= 4 is 22.5 Å². The summed E-state index contributed by atoms with van der Waals surface area (Å²) in [5, 5.41) is 15.1. The fraction of sp³-hybridized carbons (Fsp3) is 0.385. The van der Waals surface area contributed by atoms with Gasteiger partial charge < -0.3 is 10.2 Å². The van der Waals surface area contributed by atoms with Crippen LogP contribution in [0.2, 0.25) is 0 Å². The summed E-state index contributed by atoms with van der Waals surface area (Å²) in [4.78, 5) is 6.58. The summed E-state index contributed by atoms with van der Waals surface area (Å²) >= 11 is 0. The molecule has 108 valence electrons. The number of hydrogen-bond donors (Lipinski definition) is 1. The van der Waals surface area contributed by atoms with Crippen molar-refractivity contribution < 1.29 is 4.39 Å². The zero-order valence-electron chi connectivity index (χ0n) is 11.5. The van der Waals surface area contributed by atoms with Crippen LogP contribution in [0.5, 0.6) is 0 Å². The van der Waals surface area contributed by atoms with Crippen LogP contribution in [0.3, 0.4) is 0 Å². The van der Waals surface area contributed by atoms with E-state index in [1.165, 1.54) is 6.07 Å². The monoisotopic (exact) mass is 287 g/mol. The van der Waals surface area contributed by atoms with Crippen molar-refractivity contribution in [3.8, 4) is 0 Å². The van der Waals surface area contributed by atoms with E-state index in [2.05, 4.69) is 30.7 Å². The van der Waals surface area contributed by atoms with Crippen LogP contribution in [-0.2, 0) is 0 Å². The number of piperazine rings is 1. The van der Waals surface area contributed by atoms with Crippen molar-refractivity contribution in [2.45, 2.75) is 6.92 Å². The first-order valence-corrected chi connectivity index (χ1v) is 6.87. The van der Waals surface area contributed by atoms with Crippen LogP contribution >= 0.6 is 0 Å². The van der Waals surface area contributed by atoms with Gasteiger partial charge in [0, 0.05) is 26.2 Å². The molecule has 8 heteroatoms. The smallest absolute Gasteiger partial charge is 0.222 e. The lowest BCUT2D eigenvalue weighted by Crippen LogP contribution is -2.44. The number of nitrogens with zero attached hydrogens (tertiary/aromatic N) is 6. The van der Waals surface area contributed by atoms with E-state index in [0.717, 1.165) is 31.7 Å². The molecule has 21 heavy (non-hydrogen) atoms.